The number of aromatic nitrogens is 1. The van der Waals surface area contributed by atoms with E-state index >= 15 is 0 Å². The molecule has 88 valence electrons. The lowest BCUT2D eigenvalue weighted by Gasteiger charge is -2.09. The summed E-state index contributed by atoms with van der Waals surface area (Å²) in [6, 6.07) is 9.85. The van der Waals surface area contributed by atoms with E-state index in [4.69, 9.17) is 5.73 Å². The van der Waals surface area contributed by atoms with Crippen LogP contribution in [-0.4, -0.2) is 11.5 Å². The van der Waals surface area contributed by atoms with Gasteiger partial charge in [-0.3, -0.25) is 4.98 Å². The van der Waals surface area contributed by atoms with Gasteiger partial charge in [-0.05, 0) is 42.3 Å². The molecular weight excluding hydrogens is 278 g/mol. The van der Waals surface area contributed by atoms with Crippen molar-refractivity contribution in [1.29, 1.82) is 0 Å². The van der Waals surface area contributed by atoms with E-state index in [2.05, 4.69) is 26.2 Å². The standard InChI is InChI=1S/C13H14BrN3/c14-11-1-2-12(15)13(9-11)17-8-5-10-3-6-16-7-4-10/h1-4,6-7,9,17H,5,8,15H2. The van der Waals surface area contributed by atoms with Gasteiger partial charge in [0.25, 0.3) is 0 Å². The van der Waals surface area contributed by atoms with Crippen molar-refractivity contribution < 1.29 is 0 Å². The highest BCUT2D eigenvalue weighted by Gasteiger charge is 1.99. The number of nitrogen functional groups attached to an aromatic ring is 1. The van der Waals surface area contributed by atoms with Crippen LogP contribution in [0.25, 0.3) is 0 Å². The zero-order chi connectivity index (χ0) is 12.1. The van der Waals surface area contributed by atoms with E-state index in [1.54, 1.807) is 0 Å². The first-order chi connectivity index (χ1) is 8.25. The number of rotatable bonds is 4. The van der Waals surface area contributed by atoms with Gasteiger partial charge in [0.2, 0.25) is 0 Å². The lowest BCUT2D eigenvalue weighted by molar-refractivity contribution is 1.01. The molecule has 1 heterocycles. The highest BCUT2D eigenvalue weighted by molar-refractivity contribution is 9.10. The Hall–Kier alpha value is -1.55. The van der Waals surface area contributed by atoms with Gasteiger partial charge in [-0.25, -0.2) is 0 Å². The summed E-state index contributed by atoms with van der Waals surface area (Å²) in [7, 11) is 0. The van der Waals surface area contributed by atoms with Gasteiger partial charge in [0, 0.05) is 23.4 Å². The van der Waals surface area contributed by atoms with Crippen molar-refractivity contribution in [2.24, 2.45) is 0 Å². The second-order valence-corrected chi connectivity index (χ2v) is 4.68. The fraction of sp³-hybridized carbons (Fsp3) is 0.154. The molecule has 17 heavy (non-hydrogen) atoms. The molecule has 0 spiro atoms. The molecule has 0 atom stereocenters. The molecule has 0 fully saturated rings. The first kappa shape index (κ1) is 11.9. The average Bonchev–Trinajstić information content (AvgIpc) is 2.35. The van der Waals surface area contributed by atoms with Crippen molar-refractivity contribution in [2.75, 3.05) is 17.6 Å². The van der Waals surface area contributed by atoms with Crippen LogP contribution in [0.2, 0.25) is 0 Å². The first-order valence-corrected chi connectivity index (χ1v) is 6.23. The van der Waals surface area contributed by atoms with Crippen LogP contribution in [-0.2, 0) is 6.42 Å². The lowest BCUT2D eigenvalue weighted by atomic mass is 10.2. The van der Waals surface area contributed by atoms with E-state index in [9.17, 15) is 0 Å². The third-order valence-corrected chi connectivity index (χ3v) is 2.99. The molecule has 1 aromatic carbocycles. The fourth-order valence-corrected chi connectivity index (χ4v) is 1.93. The van der Waals surface area contributed by atoms with Gasteiger partial charge >= 0.3 is 0 Å². The van der Waals surface area contributed by atoms with E-state index in [1.165, 1.54) is 5.56 Å². The second kappa shape index (κ2) is 5.68. The summed E-state index contributed by atoms with van der Waals surface area (Å²) in [6.45, 7) is 0.852. The zero-order valence-corrected chi connectivity index (χ0v) is 10.9. The van der Waals surface area contributed by atoms with Crippen LogP contribution in [0, 0.1) is 0 Å². The van der Waals surface area contributed by atoms with Crippen molar-refractivity contribution in [3.05, 3.63) is 52.8 Å². The van der Waals surface area contributed by atoms with Gasteiger partial charge in [0.1, 0.15) is 0 Å². The molecule has 4 heteroatoms. The maximum atomic E-state index is 5.88. The van der Waals surface area contributed by atoms with Crippen LogP contribution >= 0.6 is 15.9 Å². The Morgan fingerprint density at radius 3 is 2.71 bits per heavy atom. The van der Waals surface area contributed by atoms with Gasteiger partial charge in [-0.1, -0.05) is 15.9 Å². The maximum Gasteiger partial charge on any atom is 0.0585 e. The number of halogens is 1. The van der Waals surface area contributed by atoms with Crippen LogP contribution in [0.5, 0.6) is 0 Å². The Morgan fingerprint density at radius 2 is 1.94 bits per heavy atom. The zero-order valence-electron chi connectivity index (χ0n) is 9.36. The number of nitrogens with two attached hydrogens (primary N) is 1. The quantitative estimate of drug-likeness (QED) is 0.851. The van der Waals surface area contributed by atoms with Crippen LogP contribution in [0.4, 0.5) is 11.4 Å². The molecule has 0 aliphatic rings. The van der Waals surface area contributed by atoms with E-state index in [-0.39, 0.29) is 0 Å². The number of anilines is 2. The van der Waals surface area contributed by atoms with Crippen molar-refractivity contribution >= 4 is 27.3 Å². The van der Waals surface area contributed by atoms with Crippen LogP contribution in [0.1, 0.15) is 5.56 Å². The Balaban J connectivity index is 1.92. The summed E-state index contributed by atoms with van der Waals surface area (Å²) in [4.78, 5) is 3.99. The van der Waals surface area contributed by atoms with Crippen molar-refractivity contribution in [1.82, 2.24) is 4.98 Å². The number of nitrogens with zero attached hydrogens (tertiary/aromatic N) is 1. The molecule has 0 aliphatic carbocycles. The van der Waals surface area contributed by atoms with E-state index in [1.807, 2.05) is 42.7 Å². The molecule has 1 aromatic heterocycles. The van der Waals surface area contributed by atoms with Gasteiger partial charge in [0.15, 0.2) is 0 Å². The third kappa shape index (κ3) is 3.46. The molecule has 0 amide bonds. The third-order valence-electron chi connectivity index (χ3n) is 2.49. The monoisotopic (exact) mass is 291 g/mol. The molecular formula is C13H14BrN3. The van der Waals surface area contributed by atoms with E-state index in [0.29, 0.717) is 0 Å². The number of hydrogen-bond donors (Lipinski definition) is 2. The lowest BCUT2D eigenvalue weighted by Crippen LogP contribution is -2.06. The number of nitrogens with one attached hydrogen (secondary N) is 1. The van der Waals surface area contributed by atoms with Gasteiger partial charge in [-0.2, -0.15) is 0 Å². The van der Waals surface area contributed by atoms with Crippen molar-refractivity contribution in [3.8, 4) is 0 Å². The fourth-order valence-electron chi connectivity index (χ4n) is 1.57. The largest absolute Gasteiger partial charge is 0.397 e. The molecule has 0 aliphatic heterocycles. The number of pyridine rings is 1. The molecule has 2 aromatic rings. The normalized spacial score (nSPS) is 10.2. The minimum absolute atomic E-state index is 0.767. The minimum Gasteiger partial charge on any atom is -0.397 e. The highest BCUT2D eigenvalue weighted by Crippen LogP contribution is 2.23. The molecule has 0 saturated carbocycles. The van der Waals surface area contributed by atoms with Crippen LogP contribution in [0.3, 0.4) is 0 Å². The molecule has 2 rings (SSSR count). The molecule has 0 radical (unpaired) electrons. The van der Waals surface area contributed by atoms with E-state index < -0.39 is 0 Å². The van der Waals surface area contributed by atoms with Gasteiger partial charge in [-0.15, -0.1) is 0 Å². The topological polar surface area (TPSA) is 50.9 Å². The summed E-state index contributed by atoms with van der Waals surface area (Å²) < 4.78 is 1.03. The smallest absolute Gasteiger partial charge is 0.0585 e. The van der Waals surface area contributed by atoms with Gasteiger partial charge < -0.3 is 11.1 Å². The molecule has 3 nitrogen and oxygen atoms in total. The summed E-state index contributed by atoms with van der Waals surface area (Å²) >= 11 is 3.43. The van der Waals surface area contributed by atoms with Gasteiger partial charge in [0.05, 0.1) is 11.4 Å². The molecule has 0 bridgehead atoms. The van der Waals surface area contributed by atoms with Crippen LogP contribution < -0.4 is 11.1 Å². The minimum atomic E-state index is 0.767. The van der Waals surface area contributed by atoms with Crippen molar-refractivity contribution in [2.45, 2.75) is 6.42 Å². The summed E-state index contributed by atoms with van der Waals surface area (Å²) in [5, 5.41) is 3.33. The van der Waals surface area contributed by atoms with Crippen molar-refractivity contribution in [3.63, 3.8) is 0 Å². The Labute approximate surface area is 109 Å². The predicted molar refractivity (Wildman–Crippen MR) is 75.0 cm³/mol. The molecule has 0 unspecified atom stereocenters. The van der Waals surface area contributed by atoms with E-state index in [0.717, 1.165) is 28.8 Å². The maximum absolute atomic E-state index is 5.88. The van der Waals surface area contributed by atoms with Crippen LogP contribution in [0.15, 0.2) is 47.2 Å². The summed E-state index contributed by atoms with van der Waals surface area (Å²) in [6.07, 6.45) is 4.57. The Kier molecular flexibility index (Phi) is 3.98. The number of benzene rings is 1. The molecule has 0 saturated heterocycles. The average molecular weight is 292 g/mol. The second-order valence-electron chi connectivity index (χ2n) is 3.76. The summed E-state index contributed by atoms with van der Waals surface area (Å²) in [5.41, 5.74) is 8.87. The number of hydrogen-bond acceptors (Lipinski definition) is 3. The predicted octanol–water partition coefficient (Wildman–Crippen LogP) is 3.08. The first-order valence-electron chi connectivity index (χ1n) is 5.43. The highest BCUT2D eigenvalue weighted by atomic mass is 79.9. The Bertz CT molecular complexity index is 485. The molecule has 3 N–H and O–H groups in total. The Morgan fingerprint density at radius 1 is 1.18 bits per heavy atom. The SMILES string of the molecule is Nc1ccc(Br)cc1NCCc1ccncc1. The summed E-state index contributed by atoms with van der Waals surface area (Å²) in [5.74, 6) is 0.